The van der Waals surface area contributed by atoms with Crippen molar-refractivity contribution in [3.05, 3.63) is 71.2 Å². The lowest BCUT2D eigenvalue weighted by atomic mass is 10.1. The maximum Gasteiger partial charge on any atom is 0.260 e. The van der Waals surface area contributed by atoms with Gasteiger partial charge in [0.05, 0.1) is 4.58 Å². The molecule has 1 aliphatic heterocycles. The van der Waals surface area contributed by atoms with Gasteiger partial charge in [0.1, 0.15) is 23.0 Å². The van der Waals surface area contributed by atoms with E-state index in [1.165, 1.54) is 5.56 Å². The third-order valence-corrected chi connectivity index (χ3v) is 7.39. The number of carbonyl (C=O) groups excluding carboxylic acids is 1. The number of nitrogens with one attached hydrogen (secondary N) is 1. The SMILES string of the molecule is Cc1oc(-n2cccc2)c(C#N)c1C(=O)Nc1cccc(C2SCCS2)c1. The van der Waals surface area contributed by atoms with Gasteiger partial charge in [-0.1, -0.05) is 12.1 Å². The molecule has 0 radical (unpaired) electrons. The van der Waals surface area contributed by atoms with E-state index in [-0.39, 0.29) is 17.0 Å². The molecular formula is C20H17N3O2S2. The van der Waals surface area contributed by atoms with Crippen molar-refractivity contribution in [2.45, 2.75) is 11.5 Å². The average Bonchev–Trinajstić information content (AvgIpc) is 3.42. The van der Waals surface area contributed by atoms with Gasteiger partial charge in [-0.2, -0.15) is 5.26 Å². The van der Waals surface area contributed by atoms with E-state index in [1.54, 1.807) is 23.9 Å². The lowest BCUT2D eigenvalue weighted by Crippen LogP contribution is -2.14. The summed E-state index contributed by atoms with van der Waals surface area (Å²) < 4.78 is 7.82. The van der Waals surface area contributed by atoms with Gasteiger partial charge in [-0.3, -0.25) is 9.36 Å². The topological polar surface area (TPSA) is 71.0 Å². The van der Waals surface area contributed by atoms with Crippen LogP contribution in [0.2, 0.25) is 0 Å². The molecule has 1 amide bonds. The van der Waals surface area contributed by atoms with E-state index in [2.05, 4.69) is 17.5 Å². The van der Waals surface area contributed by atoms with E-state index in [0.29, 0.717) is 16.2 Å². The minimum Gasteiger partial charge on any atom is -0.443 e. The Bertz CT molecular complexity index is 1010. The molecule has 2 aromatic heterocycles. The molecule has 5 nitrogen and oxygen atoms in total. The van der Waals surface area contributed by atoms with Crippen LogP contribution in [0.15, 0.2) is 53.2 Å². The van der Waals surface area contributed by atoms with E-state index >= 15 is 0 Å². The summed E-state index contributed by atoms with van der Waals surface area (Å²) in [5.74, 6) is 2.74. The van der Waals surface area contributed by atoms with Crippen LogP contribution in [0.3, 0.4) is 0 Å². The zero-order valence-electron chi connectivity index (χ0n) is 14.6. The molecule has 0 saturated carbocycles. The molecule has 1 saturated heterocycles. The van der Waals surface area contributed by atoms with Crippen LogP contribution in [0.5, 0.6) is 0 Å². The van der Waals surface area contributed by atoms with Gasteiger partial charge in [0, 0.05) is 29.6 Å². The average molecular weight is 396 g/mol. The van der Waals surface area contributed by atoms with Crippen molar-refractivity contribution in [1.29, 1.82) is 5.26 Å². The van der Waals surface area contributed by atoms with Crippen LogP contribution in [-0.4, -0.2) is 22.0 Å². The highest BCUT2D eigenvalue weighted by Crippen LogP contribution is 2.45. The number of anilines is 1. The number of aryl methyl sites for hydroxylation is 1. The maximum atomic E-state index is 12.9. The number of rotatable bonds is 4. The van der Waals surface area contributed by atoms with E-state index < -0.39 is 0 Å². The van der Waals surface area contributed by atoms with Crippen molar-refractivity contribution >= 4 is 35.1 Å². The van der Waals surface area contributed by atoms with Crippen molar-refractivity contribution in [2.75, 3.05) is 16.8 Å². The Morgan fingerprint density at radius 1 is 1.26 bits per heavy atom. The highest BCUT2D eigenvalue weighted by Gasteiger charge is 2.25. The van der Waals surface area contributed by atoms with Gasteiger partial charge in [-0.25, -0.2) is 0 Å². The number of hydrogen-bond acceptors (Lipinski definition) is 5. The quantitative estimate of drug-likeness (QED) is 0.674. The molecule has 0 unspecified atom stereocenters. The second-order valence-electron chi connectivity index (χ2n) is 6.07. The molecule has 0 atom stereocenters. The minimum atomic E-state index is -0.338. The number of nitriles is 1. The molecule has 136 valence electrons. The molecule has 0 aliphatic carbocycles. The molecule has 7 heteroatoms. The molecule has 0 bridgehead atoms. The standard InChI is InChI=1S/C20H17N3O2S2/c1-13-17(16(12-21)19(25-13)23-7-2-3-8-23)18(24)22-15-6-4-5-14(11-15)20-26-9-10-27-20/h2-8,11,20H,9-10H2,1H3,(H,22,24). The van der Waals surface area contributed by atoms with Crippen molar-refractivity contribution in [3.63, 3.8) is 0 Å². The number of furan rings is 1. The largest absolute Gasteiger partial charge is 0.443 e. The first-order valence-corrected chi connectivity index (χ1v) is 10.6. The van der Waals surface area contributed by atoms with Gasteiger partial charge in [0.2, 0.25) is 5.88 Å². The van der Waals surface area contributed by atoms with Gasteiger partial charge < -0.3 is 9.73 Å². The summed E-state index contributed by atoms with van der Waals surface area (Å²) in [4.78, 5) is 12.9. The van der Waals surface area contributed by atoms with Crippen molar-refractivity contribution in [1.82, 2.24) is 4.57 Å². The molecule has 3 heterocycles. The second kappa shape index (κ2) is 7.59. The molecule has 1 aromatic carbocycles. The van der Waals surface area contributed by atoms with Crippen molar-refractivity contribution < 1.29 is 9.21 Å². The van der Waals surface area contributed by atoms with Crippen LogP contribution < -0.4 is 5.32 Å². The zero-order chi connectivity index (χ0) is 18.8. The summed E-state index contributed by atoms with van der Waals surface area (Å²) in [5.41, 5.74) is 2.42. The third kappa shape index (κ3) is 3.51. The van der Waals surface area contributed by atoms with Crippen LogP contribution in [0.4, 0.5) is 5.69 Å². The van der Waals surface area contributed by atoms with E-state index in [9.17, 15) is 10.1 Å². The molecule has 3 aromatic rings. The van der Waals surface area contributed by atoms with Gasteiger partial charge in [0.25, 0.3) is 5.91 Å². The minimum absolute atomic E-state index is 0.235. The van der Waals surface area contributed by atoms with Crippen molar-refractivity contribution in [3.8, 4) is 12.0 Å². The van der Waals surface area contributed by atoms with Crippen LogP contribution >= 0.6 is 23.5 Å². The van der Waals surface area contributed by atoms with Crippen LogP contribution in [0.1, 0.15) is 31.8 Å². The van der Waals surface area contributed by atoms with E-state index in [0.717, 1.165) is 17.2 Å². The van der Waals surface area contributed by atoms with Crippen LogP contribution in [0, 0.1) is 18.3 Å². The van der Waals surface area contributed by atoms with E-state index in [4.69, 9.17) is 4.42 Å². The zero-order valence-corrected chi connectivity index (χ0v) is 16.3. The Morgan fingerprint density at radius 2 is 2.00 bits per heavy atom. The molecular weight excluding hydrogens is 378 g/mol. The van der Waals surface area contributed by atoms with Gasteiger partial charge in [-0.15, -0.1) is 23.5 Å². The summed E-state index contributed by atoms with van der Waals surface area (Å²) in [6.07, 6.45) is 3.56. The Hall–Kier alpha value is -2.56. The fourth-order valence-corrected chi connectivity index (χ4v) is 5.90. The highest BCUT2D eigenvalue weighted by atomic mass is 32.2. The molecule has 1 aliphatic rings. The molecule has 1 N–H and O–H groups in total. The molecule has 0 spiro atoms. The molecule has 27 heavy (non-hydrogen) atoms. The molecule has 4 rings (SSSR count). The number of nitrogens with zero attached hydrogens (tertiary/aromatic N) is 2. The summed E-state index contributed by atoms with van der Waals surface area (Å²) in [6.45, 7) is 1.70. The fourth-order valence-electron chi connectivity index (χ4n) is 3.07. The second-order valence-corrected chi connectivity index (χ2v) is 8.79. The number of amides is 1. The Labute approximate surface area is 165 Å². The normalized spacial score (nSPS) is 14.2. The first-order valence-electron chi connectivity index (χ1n) is 8.48. The predicted octanol–water partition coefficient (Wildman–Crippen LogP) is 4.98. The van der Waals surface area contributed by atoms with Crippen LogP contribution in [0.25, 0.3) is 5.88 Å². The smallest absolute Gasteiger partial charge is 0.260 e. The lowest BCUT2D eigenvalue weighted by molar-refractivity contribution is 0.102. The summed E-state index contributed by atoms with van der Waals surface area (Å²) in [6, 6.07) is 13.7. The summed E-state index contributed by atoms with van der Waals surface area (Å²) in [5, 5.41) is 12.5. The molecule has 1 fully saturated rings. The number of aromatic nitrogens is 1. The van der Waals surface area contributed by atoms with Gasteiger partial charge in [-0.05, 0) is 36.8 Å². The summed E-state index contributed by atoms with van der Waals surface area (Å²) in [7, 11) is 0. The third-order valence-electron chi connectivity index (χ3n) is 4.28. The number of benzene rings is 1. The predicted molar refractivity (Wildman–Crippen MR) is 110 cm³/mol. The fraction of sp³-hybridized carbons (Fsp3) is 0.200. The number of thioether (sulfide) groups is 2. The van der Waals surface area contributed by atoms with E-state index in [1.807, 2.05) is 53.9 Å². The maximum absolute atomic E-state index is 12.9. The number of carbonyl (C=O) groups is 1. The van der Waals surface area contributed by atoms with Crippen molar-refractivity contribution in [2.24, 2.45) is 0 Å². The summed E-state index contributed by atoms with van der Waals surface area (Å²) >= 11 is 3.84. The first kappa shape index (κ1) is 17.8. The Morgan fingerprint density at radius 3 is 2.70 bits per heavy atom. The monoisotopic (exact) mass is 395 g/mol. The van der Waals surface area contributed by atoms with Crippen LogP contribution in [-0.2, 0) is 0 Å². The van der Waals surface area contributed by atoms with Gasteiger partial charge in [0.15, 0.2) is 0 Å². The lowest BCUT2D eigenvalue weighted by Gasteiger charge is -2.11. The Balaban J connectivity index is 1.62. The first-order chi connectivity index (χ1) is 13.2. The van der Waals surface area contributed by atoms with Gasteiger partial charge >= 0.3 is 0 Å². The Kier molecular flexibility index (Phi) is 5.01. The number of hydrogen-bond donors (Lipinski definition) is 1. The highest BCUT2D eigenvalue weighted by molar-refractivity contribution is 8.19.